The van der Waals surface area contributed by atoms with Crippen LogP contribution < -0.4 is 5.32 Å². The molecule has 2 bridgehead atoms. The minimum atomic E-state index is -0.808. The Balaban J connectivity index is 1.06. The van der Waals surface area contributed by atoms with Crippen LogP contribution in [0.3, 0.4) is 0 Å². The Morgan fingerprint density at radius 1 is 1.27 bits per heavy atom. The van der Waals surface area contributed by atoms with Gasteiger partial charge in [-0.3, -0.25) is 14.0 Å². The van der Waals surface area contributed by atoms with Crippen molar-refractivity contribution in [2.75, 3.05) is 19.6 Å². The summed E-state index contributed by atoms with van der Waals surface area (Å²) in [5.74, 6) is 2.74. The molecule has 1 spiro atoms. The average molecular weight is 449 g/mol. The van der Waals surface area contributed by atoms with Crippen molar-refractivity contribution in [1.29, 1.82) is 0 Å². The van der Waals surface area contributed by atoms with Crippen molar-refractivity contribution in [2.45, 2.75) is 57.5 Å². The number of amides is 2. The van der Waals surface area contributed by atoms with Gasteiger partial charge in [-0.1, -0.05) is 6.07 Å². The summed E-state index contributed by atoms with van der Waals surface area (Å²) in [6.07, 6.45) is 9.35. The molecule has 2 aromatic heterocycles. The molecule has 6 atom stereocenters. The summed E-state index contributed by atoms with van der Waals surface area (Å²) in [5, 5.41) is 13.4. The lowest BCUT2D eigenvalue weighted by atomic mass is 9.71. The van der Waals surface area contributed by atoms with Crippen LogP contribution in [0.4, 0.5) is 0 Å². The Morgan fingerprint density at radius 2 is 2.15 bits per heavy atom. The molecule has 4 saturated carbocycles. The third-order valence-electron chi connectivity index (χ3n) is 9.55. The first-order chi connectivity index (χ1) is 15.8. The molecule has 5 aliphatic rings. The van der Waals surface area contributed by atoms with Gasteiger partial charge >= 0.3 is 0 Å². The van der Waals surface area contributed by atoms with E-state index in [-0.39, 0.29) is 18.2 Å². The third-order valence-corrected chi connectivity index (χ3v) is 9.55. The SMILES string of the molecule is CC1(O)CCN(C(=O)Cc2cn3c(C(=O)NCC45CC6C[C@@H]6C6(CC6C4)C5)cccc3n2)C1. The van der Waals surface area contributed by atoms with Crippen LogP contribution in [0.5, 0.6) is 0 Å². The highest BCUT2D eigenvalue weighted by Crippen LogP contribution is 2.83. The fourth-order valence-corrected chi connectivity index (χ4v) is 7.98. The van der Waals surface area contributed by atoms with Gasteiger partial charge in [0.15, 0.2) is 0 Å². The summed E-state index contributed by atoms with van der Waals surface area (Å²) in [6, 6.07) is 5.55. The van der Waals surface area contributed by atoms with E-state index in [1.54, 1.807) is 16.2 Å². The van der Waals surface area contributed by atoms with Crippen molar-refractivity contribution in [3.63, 3.8) is 0 Å². The Kier molecular flexibility index (Phi) is 3.87. The molecule has 33 heavy (non-hydrogen) atoms. The van der Waals surface area contributed by atoms with Gasteiger partial charge in [-0.05, 0) is 86.2 Å². The highest BCUT2D eigenvalue weighted by Gasteiger charge is 2.76. The second-order valence-corrected chi connectivity index (χ2v) is 12.1. The topological polar surface area (TPSA) is 86.9 Å². The number of nitrogens with zero attached hydrogens (tertiary/aromatic N) is 3. The number of likely N-dealkylation sites (tertiary alicyclic amines) is 1. The van der Waals surface area contributed by atoms with E-state index >= 15 is 0 Å². The van der Waals surface area contributed by atoms with Gasteiger partial charge in [-0.15, -0.1) is 0 Å². The van der Waals surface area contributed by atoms with Gasteiger partial charge in [-0.25, -0.2) is 4.98 Å². The highest BCUT2D eigenvalue weighted by molar-refractivity contribution is 5.93. The van der Waals surface area contributed by atoms with Crippen molar-refractivity contribution in [2.24, 2.45) is 28.6 Å². The second kappa shape index (κ2) is 6.38. The predicted molar refractivity (Wildman–Crippen MR) is 121 cm³/mol. The zero-order valence-electron chi connectivity index (χ0n) is 19.2. The van der Waals surface area contributed by atoms with Crippen molar-refractivity contribution < 1.29 is 14.7 Å². The van der Waals surface area contributed by atoms with Crippen LogP contribution in [-0.2, 0) is 11.2 Å². The minimum Gasteiger partial charge on any atom is -0.388 e. The Morgan fingerprint density at radius 3 is 2.97 bits per heavy atom. The molecule has 7 nitrogen and oxygen atoms in total. The van der Waals surface area contributed by atoms with E-state index in [0.717, 1.165) is 24.3 Å². The van der Waals surface area contributed by atoms with Crippen molar-refractivity contribution in [3.05, 3.63) is 35.8 Å². The first-order valence-corrected chi connectivity index (χ1v) is 12.5. The second-order valence-electron chi connectivity index (χ2n) is 12.1. The maximum atomic E-state index is 13.2. The summed E-state index contributed by atoms with van der Waals surface area (Å²) >= 11 is 0. The van der Waals surface area contributed by atoms with E-state index in [1.807, 2.05) is 24.4 Å². The number of imidazole rings is 1. The molecule has 2 amide bonds. The summed E-state index contributed by atoms with van der Waals surface area (Å²) < 4.78 is 1.81. The van der Waals surface area contributed by atoms with Crippen LogP contribution in [0.25, 0.3) is 5.65 Å². The van der Waals surface area contributed by atoms with E-state index in [2.05, 4.69) is 10.3 Å². The van der Waals surface area contributed by atoms with Gasteiger partial charge in [0, 0.05) is 25.8 Å². The molecule has 7 rings (SSSR count). The van der Waals surface area contributed by atoms with Gasteiger partial charge in [0.05, 0.1) is 17.7 Å². The quantitative estimate of drug-likeness (QED) is 0.736. The molecule has 2 N–H and O–H groups in total. The molecule has 1 saturated heterocycles. The number of nitrogens with one attached hydrogen (secondary N) is 1. The standard InChI is InChI=1S/C26H32N4O3/c1-24(33)5-6-29(15-24)22(31)8-18-12-30-20(3-2-4-21(30)28-18)23(32)27-14-25-9-16-7-19(16)26(13-25)11-17(26)10-25/h2-4,12,16-17,19,33H,5-11,13-15H2,1H3,(H,27,32)/t16?,17?,19-,24?,25?,26?/m0/s1. The molecule has 5 fully saturated rings. The lowest BCUT2D eigenvalue weighted by Gasteiger charge is -2.36. The molecule has 7 heteroatoms. The van der Waals surface area contributed by atoms with E-state index in [4.69, 9.17) is 0 Å². The number of carbonyl (C=O) groups excluding carboxylic acids is 2. The normalized spacial score (nSPS) is 39.9. The first kappa shape index (κ1) is 20.0. The zero-order valence-corrected chi connectivity index (χ0v) is 19.2. The summed E-state index contributed by atoms with van der Waals surface area (Å²) in [7, 11) is 0. The fraction of sp³-hybridized carbons (Fsp3) is 0.654. The zero-order chi connectivity index (χ0) is 22.6. The van der Waals surface area contributed by atoms with E-state index < -0.39 is 5.60 Å². The van der Waals surface area contributed by atoms with Crippen LogP contribution in [0.2, 0.25) is 0 Å². The molecule has 4 aliphatic carbocycles. The Bertz CT molecular complexity index is 1180. The number of hydrogen-bond acceptors (Lipinski definition) is 4. The predicted octanol–water partition coefficient (Wildman–Crippen LogP) is 2.42. The monoisotopic (exact) mass is 448 g/mol. The highest BCUT2D eigenvalue weighted by atomic mass is 16.3. The van der Waals surface area contributed by atoms with Crippen LogP contribution in [-0.4, -0.2) is 56.4 Å². The molecular formula is C26H32N4O3. The number of pyridine rings is 1. The molecule has 174 valence electrons. The van der Waals surface area contributed by atoms with Gasteiger partial charge in [0.1, 0.15) is 11.3 Å². The number of aliphatic hydroxyl groups is 1. The summed E-state index contributed by atoms with van der Waals surface area (Å²) in [6.45, 7) is 3.47. The molecular weight excluding hydrogens is 416 g/mol. The first-order valence-electron chi connectivity index (χ1n) is 12.5. The van der Waals surface area contributed by atoms with Crippen molar-refractivity contribution >= 4 is 17.5 Å². The molecule has 5 unspecified atom stereocenters. The van der Waals surface area contributed by atoms with Gasteiger partial charge in [0.25, 0.3) is 5.91 Å². The van der Waals surface area contributed by atoms with Crippen molar-refractivity contribution in [1.82, 2.24) is 19.6 Å². The Labute approximate surface area is 193 Å². The smallest absolute Gasteiger partial charge is 0.268 e. The number of rotatable bonds is 5. The number of aromatic nitrogens is 2. The van der Waals surface area contributed by atoms with Gasteiger partial charge < -0.3 is 15.3 Å². The number of hydrogen-bond donors (Lipinski definition) is 2. The van der Waals surface area contributed by atoms with Crippen LogP contribution in [0, 0.1) is 28.6 Å². The lowest BCUT2D eigenvalue weighted by Crippen LogP contribution is -2.40. The van der Waals surface area contributed by atoms with E-state index in [1.165, 1.54) is 32.1 Å². The van der Waals surface area contributed by atoms with Crippen LogP contribution >= 0.6 is 0 Å². The fourth-order valence-electron chi connectivity index (χ4n) is 7.98. The number of fused-ring (bicyclic) bond motifs is 3. The summed E-state index contributed by atoms with van der Waals surface area (Å²) in [5.41, 5.74) is 2.05. The maximum absolute atomic E-state index is 13.2. The van der Waals surface area contributed by atoms with E-state index in [9.17, 15) is 14.7 Å². The number of β-amino-alcohol motifs (C(OH)–C–C–N with tert-alkyl or cyclic N) is 1. The number of carbonyl (C=O) groups is 2. The van der Waals surface area contributed by atoms with Crippen LogP contribution in [0.15, 0.2) is 24.4 Å². The molecule has 3 heterocycles. The molecule has 0 aromatic carbocycles. The molecule has 0 radical (unpaired) electrons. The minimum absolute atomic E-state index is 0.0364. The van der Waals surface area contributed by atoms with Crippen molar-refractivity contribution in [3.8, 4) is 0 Å². The van der Waals surface area contributed by atoms with E-state index in [0.29, 0.717) is 47.4 Å². The largest absolute Gasteiger partial charge is 0.388 e. The molecule has 2 aromatic rings. The lowest BCUT2D eigenvalue weighted by molar-refractivity contribution is -0.130. The van der Waals surface area contributed by atoms with Gasteiger partial charge in [0.2, 0.25) is 5.91 Å². The van der Waals surface area contributed by atoms with Crippen LogP contribution in [0.1, 0.15) is 61.6 Å². The third kappa shape index (κ3) is 3.07. The molecule has 1 aliphatic heterocycles. The Hall–Kier alpha value is -2.41. The van der Waals surface area contributed by atoms with Gasteiger partial charge in [-0.2, -0.15) is 0 Å². The maximum Gasteiger partial charge on any atom is 0.268 e. The average Bonchev–Trinajstić information content (AvgIpc) is 3.53. The summed E-state index contributed by atoms with van der Waals surface area (Å²) in [4.78, 5) is 32.2.